The monoisotopic (exact) mass is 486 g/mol. The molecule has 2 aromatic rings. The predicted molar refractivity (Wildman–Crippen MR) is 102 cm³/mol. The third-order valence-electron chi connectivity index (χ3n) is 5.74. The molecular formula is C23H30Hf-2. The van der Waals surface area contributed by atoms with E-state index in [1.165, 1.54) is 50.1 Å². The summed E-state index contributed by atoms with van der Waals surface area (Å²) in [6, 6.07) is 4.59. The normalized spacial score (nSPS) is 14.8. The second-order valence-corrected chi connectivity index (χ2v) is 6.96. The van der Waals surface area contributed by atoms with Gasteiger partial charge in [-0.1, -0.05) is 71.1 Å². The molecule has 0 spiro atoms. The van der Waals surface area contributed by atoms with Crippen LogP contribution in [-0.2, 0) is 25.8 Å². The summed E-state index contributed by atoms with van der Waals surface area (Å²) in [5, 5.41) is 0. The average molecular weight is 485 g/mol. The van der Waals surface area contributed by atoms with E-state index in [1.54, 1.807) is 0 Å². The molecule has 0 bridgehead atoms. The summed E-state index contributed by atoms with van der Waals surface area (Å²) in [7, 11) is 0. The number of benzene rings is 1. The van der Waals surface area contributed by atoms with Crippen LogP contribution in [0.15, 0.2) is 12.1 Å². The fraction of sp³-hybridized carbons (Fsp3) is 0.435. The summed E-state index contributed by atoms with van der Waals surface area (Å²) in [6.07, 6.45) is 6.69. The number of hydrogen-bond donors (Lipinski definition) is 0. The first-order valence-electron chi connectivity index (χ1n) is 8.67. The van der Waals surface area contributed by atoms with E-state index in [2.05, 4.69) is 79.7 Å². The van der Waals surface area contributed by atoms with Crippen LogP contribution in [0.1, 0.15) is 69.3 Å². The maximum absolute atomic E-state index is 3.40. The summed E-state index contributed by atoms with van der Waals surface area (Å²) in [6.45, 7) is 17.6. The van der Waals surface area contributed by atoms with Gasteiger partial charge in [0.1, 0.15) is 0 Å². The zero-order valence-electron chi connectivity index (χ0n) is 16.5. The van der Waals surface area contributed by atoms with E-state index in [-0.39, 0.29) is 25.8 Å². The molecule has 1 atom stereocenters. The molecule has 0 aromatic heterocycles. The Morgan fingerprint density at radius 3 is 1.83 bits per heavy atom. The van der Waals surface area contributed by atoms with Crippen LogP contribution in [0.25, 0.3) is 6.08 Å². The van der Waals surface area contributed by atoms with Gasteiger partial charge in [0.25, 0.3) is 0 Å². The average Bonchev–Trinajstić information content (AvgIpc) is 3.00. The van der Waals surface area contributed by atoms with E-state index in [9.17, 15) is 0 Å². The number of fused-ring (bicyclic) bond motifs is 1. The van der Waals surface area contributed by atoms with Crippen LogP contribution >= 0.6 is 0 Å². The molecule has 1 aliphatic rings. The second kappa shape index (κ2) is 8.52. The molecule has 0 amide bonds. The van der Waals surface area contributed by atoms with Crippen LogP contribution < -0.4 is 0 Å². The summed E-state index contributed by atoms with van der Waals surface area (Å²) in [4.78, 5) is 0. The van der Waals surface area contributed by atoms with Crippen molar-refractivity contribution in [3.8, 4) is 0 Å². The van der Waals surface area contributed by atoms with Crippen molar-refractivity contribution in [2.75, 3.05) is 0 Å². The van der Waals surface area contributed by atoms with Gasteiger partial charge < -0.3 is 0 Å². The molecule has 128 valence electrons. The SMILES string of the molecule is CCC1[C-]=Cc2cc(C)c(C)cc21.Cc1c(C)c(C)[c-](C)c1C.[Hf]. The smallest absolute Gasteiger partial charge is 0 e. The first kappa shape index (κ1) is 21.2. The van der Waals surface area contributed by atoms with E-state index in [0.717, 1.165) is 6.42 Å². The zero-order chi connectivity index (χ0) is 17.3. The quantitative estimate of drug-likeness (QED) is 0.317. The Hall–Kier alpha value is -0.820. The summed E-state index contributed by atoms with van der Waals surface area (Å²) < 4.78 is 0. The van der Waals surface area contributed by atoms with Gasteiger partial charge in [-0.15, -0.1) is 11.6 Å². The van der Waals surface area contributed by atoms with E-state index < -0.39 is 0 Å². The molecule has 2 aromatic carbocycles. The van der Waals surface area contributed by atoms with Crippen LogP contribution in [0.4, 0.5) is 0 Å². The van der Waals surface area contributed by atoms with Crippen molar-refractivity contribution in [2.24, 2.45) is 0 Å². The van der Waals surface area contributed by atoms with Crippen molar-refractivity contribution in [2.45, 2.75) is 67.7 Å². The van der Waals surface area contributed by atoms with Gasteiger partial charge in [0, 0.05) is 25.8 Å². The fourth-order valence-electron chi connectivity index (χ4n) is 3.31. The minimum Gasteiger partial charge on any atom is -0.268 e. The minimum absolute atomic E-state index is 0. The molecule has 0 N–H and O–H groups in total. The van der Waals surface area contributed by atoms with E-state index in [0.29, 0.717) is 5.92 Å². The van der Waals surface area contributed by atoms with Gasteiger partial charge in [0.2, 0.25) is 0 Å². The van der Waals surface area contributed by atoms with Gasteiger partial charge in [-0.05, 0) is 13.8 Å². The largest absolute Gasteiger partial charge is 0.268 e. The minimum atomic E-state index is 0. The van der Waals surface area contributed by atoms with Crippen molar-refractivity contribution in [1.82, 2.24) is 0 Å². The van der Waals surface area contributed by atoms with Crippen molar-refractivity contribution >= 4 is 6.08 Å². The zero-order valence-corrected chi connectivity index (χ0v) is 20.1. The van der Waals surface area contributed by atoms with Crippen LogP contribution in [0, 0.1) is 54.5 Å². The van der Waals surface area contributed by atoms with Crippen molar-refractivity contribution < 1.29 is 25.8 Å². The number of hydrogen-bond acceptors (Lipinski definition) is 0. The molecule has 1 unspecified atom stereocenters. The molecule has 24 heavy (non-hydrogen) atoms. The Morgan fingerprint density at radius 2 is 1.42 bits per heavy atom. The molecule has 1 heteroatoms. The molecule has 0 aliphatic heterocycles. The van der Waals surface area contributed by atoms with Gasteiger partial charge in [0.15, 0.2) is 0 Å². The van der Waals surface area contributed by atoms with Crippen LogP contribution in [0.2, 0.25) is 0 Å². The molecule has 0 saturated heterocycles. The molecular weight excluding hydrogens is 455 g/mol. The van der Waals surface area contributed by atoms with E-state index in [4.69, 9.17) is 0 Å². The number of aryl methyl sites for hydroxylation is 2. The van der Waals surface area contributed by atoms with Crippen molar-refractivity contribution in [1.29, 1.82) is 0 Å². The molecule has 0 nitrogen and oxygen atoms in total. The third-order valence-corrected chi connectivity index (χ3v) is 5.74. The molecule has 1 aliphatic carbocycles. The molecule has 0 saturated carbocycles. The Kier molecular flexibility index (Phi) is 7.53. The van der Waals surface area contributed by atoms with Crippen molar-refractivity contribution in [3.05, 3.63) is 68.3 Å². The van der Waals surface area contributed by atoms with Crippen LogP contribution in [0.3, 0.4) is 0 Å². The third kappa shape index (κ3) is 4.04. The predicted octanol–water partition coefficient (Wildman–Crippen LogP) is 6.57. The molecule has 0 heterocycles. The molecule has 0 radical (unpaired) electrons. The fourth-order valence-corrected chi connectivity index (χ4v) is 3.31. The molecule has 0 fully saturated rings. The van der Waals surface area contributed by atoms with Gasteiger partial charge in [0.05, 0.1) is 0 Å². The summed E-state index contributed by atoms with van der Waals surface area (Å²) >= 11 is 0. The van der Waals surface area contributed by atoms with E-state index >= 15 is 0 Å². The Labute approximate surface area is 167 Å². The van der Waals surface area contributed by atoms with E-state index in [1.807, 2.05) is 0 Å². The van der Waals surface area contributed by atoms with Gasteiger partial charge in [-0.2, -0.15) is 33.4 Å². The first-order chi connectivity index (χ1) is 10.8. The van der Waals surface area contributed by atoms with Crippen LogP contribution in [0.5, 0.6) is 0 Å². The Balaban J connectivity index is 0.000000238. The Bertz CT molecular complexity index is 664. The molecule has 3 rings (SSSR count). The summed E-state index contributed by atoms with van der Waals surface area (Å²) in [5.74, 6) is 0.536. The van der Waals surface area contributed by atoms with Gasteiger partial charge in [-0.3, -0.25) is 6.08 Å². The topological polar surface area (TPSA) is 0 Å². The Morgan fingerprint density at radius 1 is 0.917 bits per heavy atom. The number of rotatable bonds is 1. The standard InChI is InChI=1S/C13H15.C10H15.Hf/c1-4-11-5-6-12-7-9(2)10(3)8-13(11)12;1-6-7(2)9(4)10(5)8(6)3;/h6-8,11H,4H2,1-3H3;1-5H3;/q2*-1;. The maximum Gasteiger partial charge on any atom is 0 e. The first-order valence-corrected chi connectivity index (χ1v) is 8.67. The van der Waals surface area contributed by atoms with Gasteiger partial charge in [-0.25, -0.2) is 6.08 Å². The van der Waals surface area contributed by atoms with Crippen LogP contribution in [-0.4, -0.2) is 0 Å². The number of allylic oxidation sites excluding steroid dienone is 1. The van der Waals surface area contributed by atoms with Gasteiger partial charge >= 0.3 is 0 Å². The van der Waals surface area contributed by atoms with Crippen molar-refractivity contribution in [3.63, 3.8) is 0 Å². The second-order valence-electron chi connectivity index (χ2n) is 6.96. The maximum atomic E-state index is 3.40. The summed E-state index contributed by atoms with van der Waals surface area (Å²) in [5.41, 5.74) is 13.0.